The van der Waals surface area contributed by atoms with E-state index in [2.05, 4.69) is 10.6 Å². The van der Waals surface area contributed by atoms with Gasteiger partial charge >= 0.3 is 5.97 Å². The number of nitrogens with one attached hydrogen (secondary N) is 2. The van der Waals surface area contributed by atoms with Crippen LogP contribution in [-0.4, -0.2) is 28.6 Å². The van der Waals surface area contributed by atoms with E-state index < -0.39 is 5.97 Å². The number of thioether (sulfide) groups is 1. The second-order valence-corrected chi connectivity index (χ2v) is 8.02. The lowest BCUT2D eigenvalue weighted by Gasteiger charge is -2.10. The molecule has 0 saturated carbocycles. The molecule has 0 spiro atoms. The Morgan fingerprint density at radius 1 is 0.871 bits per heavy atom. The third-order valence-corrected chi connectivity index (χ3v) is 5.60. The molecule has 7 heteroatoms. The van der Waals surface area contributed by atoms with Crippen LogP contribution in [0.15, 0.2) is 71.6 Å². The average Bonchev–Trinajstić information content (AvgIpc) is 2.74. The van der Waals surface area contributed by atoms with Gasteiger partial charge in [0.1, 0.15) is 0 Å². The van der Waals surface area contributed by atoms with Gasteiger partial charge in [0.15, 0.2) is 0 Å². The maximum atomic E-state index is 12.5. The topological polar surface area (TPSA) is 95.5 Å². The van der Waals surface area contributed by atoms with Crippen molar-refractivity contribution in [2.45, 2.75) is 18.7 Å². The maximum absolute atomic E-state index is 12.5. The number of hydrogen-bond acceptors (Lipinski definition) is 4. The van der Waals surface area contributed by atoms with Crippen LogP contribution in [-0.2, 0) is 4.79 Å². The van der Waals surface area contributed by atoms with E-state index in [1.807, 2.05) is 43.3 Å². The summed E-state index contributed by atoms with van der Waals surface area (Å²) in [5.74, 6) is -1.34. The van der Waals surface area contributed by atoms with Crippen molar-refractivity contribution >= 4 is 40.9 Å². The zero-order chi connectivity index (χ0) is 22.4. The first-order chi connectivity index (χ1) is 14.8. The number of amides is 2. The number of carboxylic acid groups (broad SMARTS) is 1. The summed E-state index contributed by atoms with van der Waals surface area (Å²) in [6, 6.07) is 19.2. The van der Waals surface area contributed by atoms with Crippen LogP contribution in [0.2, 0.25) is 0 Å². The number of benzene rings is 3. The van der Waals surface area contributed by atoms with E-state index in [1.54, 1.807) is 25.1 Å². The number of carbonyl (C=O) groups excluding carboxylic acids is 2. The largest absolute Gasteiger partial charge is 0.478 e. The van der Waals surface area contributed by atoms with E-state index in [-0.39, 0.29) is 23.1 Å². The fraction of sp³-hybridized carbons (Fsp3) is 0.125. The highest BCUT2D eigenvalue weighted by Gasteiger charge is 2.11. The smallest absolute Gasteiger partial charge is 0.335 e. The van der Waals surface area contributed by atoms with E-state index in [4.69, 9.17) is 5.11 Å². The number of aryl methyl sites for hydroxylation is 2. The summed E-state index contributed by atoms with van der Waals surface area (Å²) in [4.78, 5) is 36.8. The zero-order valence-corrected chi connectivity index (χ0v) is 18.0. The molecule has 0 aliphatic heterocycles. The van der Waals surface area contributed by atoms with E-state index in [1.165, 1.54) is 23.9 Å². The van der Waals surface area contributed by atoms with Gasteiger partial charge < -0.3 is 15.7 Å². The van der Waals surface area contributed by atoms with Crippen LogP contribution in [0.5, 0.6) is 0 Å². The van der Waals surface area contributed by atoms with Gasteiger partial charge in [0.25, 0.3) is 5.91 Å². The second kappa shape index (κ2) is 9.95. The fourth-order valence-corrected chi connectivity index (χ4v) is 3.67. The third kappa shape index (κ3) is 5.96. The lowest BCUT2D eigenvalue weighted by molar-refractivity contribution is -0.113. The van der Waals surface area contributed by atoms with E-state index in [9.17, 15) is 14.4 Å². The minimum atomic E-state index is -1.05. The first-order valence-corrected chi connectivity index (χ1v) is 10.6. The highest BCUT2D eigenvalue weighted by molar-refractivity contribution is 8.00. The van der Waals surface area contributed by atoms with E-state index in [0.29, 0.717) is 16.9 Å². The number of aromatic carboxylic acids is 1. The minimum Gasteiger partial charge on any atom is -0.478 e. The lowest BCUT2D eigenvalue weighted by Crippen LogP contribution is -2.15. The SMILES string of the molecule is Cc1ccc(C(=O)O)cc1NC(=O)CSc1cccc(NC(=O)c2ccccc2C)c1. The van der Waals surface area contributed by atoms with Crippen LogP contribution >= 0.6 is 11.8 Å². The van der Waals surface area contributed by atoms with Crippen molar-refractivity contribution in [2.75, 3.05) is 16.4 Å². The Morgan fingerprint density at radius 2 is 1.65 bits per heavy atom. The van der Waals surface area contributed by atoms with Gasteiger partial charge in [-0.15, -0.1) is 11.8 Å². The Bertz CT molecular complexity index is 1140. The van der Waals surface area contributed by atoms with Crippen LogP contribution in [0, 0.1) is 13.8 Å². The summed E-state index contributed by atoms with van der Waals surface area (Å²) < 4.78 is 0. The van der Waals surface area contributed by atoms with Crippen LogP contribution in [0.25, 0.3) is 0 Å². The molecule has 0 bridgehead atoms. The van der Waals surface area contributed by atoms with E-state index in [0.717, 1.165) is 16.0 Å². The highest BCUT2D eigenvalue weighted by Crippen LogP contribution is 2.23. The zero-order valence-electron chi connectivity index (χ0n) is 17.1. The summed E-state index contributed by atoms with van der Waals surface area (Å²) in [6.07, 6.45) is 0. The van der Waals surface area contributed by atoms with Gasteiger partial charge in [0.2, 0.25) is 5.91 Å². The molecule has 3 rings (SSSR count). The van der Waals surface area contributed by atoms with Crippen molar-refractivity contribution in [1.29, 1.82) is 0 Å². The summed E-state index contributed by atoms with van der Waals surface area (Å²) in [6.45, 7) is 3.68. The molecule has 0 aliphatic rings. The van der Waals surface area contributed by atoms with Crippen LogP contribution in [0.4, 0.5) is 11.4 Å². The van der Waals surface area contributed by atoms with Gasteiger partial charge in [-0.3, -0.25) is 9.59 Å². The molecule has 3 aromatic carbocycles. The molecule has 0 radical (unpaired) electrons. The predicted octanol–water partition coefficient (Wildman–Crippen LogP) is 4.98. The second-order valence-electron chi connectivity index (χ2n) is 6.97. The lowest BCUT2D eigenvalue weighted by atomic mass is 10.1. The molecule has 6 nitrogen and oxygen atoms in total. The monoisotopic (exact) mass is 434 g/mol. The highest BCUT2D eigenvalue weighted by atomic mass is 32.2. The normalized spacial score (nSPS) is 10.4. The minimum absolute atomic E-state index is 0.116. The number of anilines is 2. The standard InChI is InChI=1S/C24H22N2O4S/c1-15-6-3-4-9-20(15)23(28)25-18-7-5-8-19(13-18)31-14-22(27)26-21-12-17(24(29)30)11-10-16(21)2/h3-13H,14H2,1-2H3,(H,25,28)(H,26,27)(H,29,30). The Kier molecular flexibility index (Phi) is 7.10. The molecular formula is C24H22N2O4S. The van der Waals surface area contributed by atoms with Crippen LogP contribution < -0.4 is 10.6 Å². The van der Waals surface area contributed by atoms with Crippen molar-refractivity contribution in [2.24, 2.45) is 0 Å². The van der Waals surface area contributed by atoms with Gasteiger partial charge in [-0.1, -0.05) is 30.3 Å². The maximum Gasteiger partial charge on any atom is 0.335 e. The average molecular weight is 435 g/mol. The molecule has 3 N–H and O–H groups in total. The van der Waals surface area contributed by atoms with Gasteiger partial charge in [-0.25, -0.2) is 4.79 Å². The molecule has 0 fully saturated rings. The molecule has 0 heterocycles. The Morgan fingerprint density at radius 3 is 2.39 bits per heavy atom. The summed E-state index contributed by atoms with van der Waals surface area (Å²) in [5, 5.41) is 14.8. The van der Waals surface area contributed by atoms with E-state index >= 15 is 0 Å². The first-order valence-electron chi connectivity index (χ1n) is 9.57. The van der Waals surface area contributed by atoms with Crippen molar-refractivity contribution in [1.82, 2.24) is 0 Å². The number of carboxylic acids is 1. The molecular weight excluding hydrogens is 412 g/mol. The number of carbonyl (C=O) groups is 3. The quantitative estimate of drug-likeness (QED) is 0.456. The molecule has 3 aromatic rings. The Balaban J connectivity index is 1.61. The van der Waals surface area contributed by atoms with Gasteiger partial charge in [0.05, 0.1) is 11.3 Å². The van der Waals surface area contributed by atoms with Crippen molar-refractivity contribution in [3.63, 3.8) is 0 Å². The molecule has 0 aromatic heterocycles. The first kappa shape index (κ1) is 22.1. The summed E-state index contributed by atoms with van der Waals surface area (Å²) >= 11 is 1.32. The number of hydrogen-bond donors (Lipinski definition) is 3. The molecule has 2 amide bonds. The number of rotatable bonds is 7. The predicted molar refractivity (Wildman–Crippen MR) is 123 cm³/mol. The van der Waals surface area contributed by atoms with Crippen LogP contribution in [0.3, 0.4) is 0 Å². The molecule has 0 atom stereocenters. The summed E-state index contributed by atoms with van der Waals surface area (Å²) in [7, 11) is 0. The van der Waals surface area contributed by atoms with Crippen molar-refractivity contribution in [3.05, 3.63) is 89.0 Å². The van der Waals surface area contributed by atoms with Gasteiger partial charge in [-0.05, 0) is 61.4 Å². The fourth-order valence-electron chi connectivity index (χ4n) is 2.91. The van der Waals surface area contributed by atoms with Gasteiger partial charge in [0, 0.05) is 21.8 Å². The Labute approximate surface area is 184 Å². The summed E-state index contributed by atoms with van der Waals surface area (Å²) in [5.41, 5.74) is 3.52. The van der Waals surface area contributed by atoms with Crippen LogP contribution in [0.1, 0.15) is 31.8 Å². The molecule has 158 valence electrons. The Hall–Kier alpha value is -3.58. The third-order valence-electron chi connectivity index (χ3n) is 4.61. The van der Waals surface area contributed by atoms with Crippen molar-refractivity contribution < 1.29 is 19.5 Å². The molecule has 0 aliphatic carbocycles. The molecule has 0 saturated heterocycles. The van der Waals surface area contributed by atoms with Crippen molar-refractivity contribution in [3.8, 4) is 0 Å². The molecule has 31 heavy (non-hydrogen) atoms. The molecule has 0 unspecified atom stereocenters. The van der Waals surface area contributed by atoms with Gasteiger partial charge in [-0.2, -0.15) is 0 Å².